The second kappa shape index (κ2) is 8.55. The highest BCUT2D eigenvalue weighted by molar-refractivity contribution is 8.00. The van der Waals surface area contributed by atoms with E-state index in [2.05, 4.69) is 35.2 Å². The van der Waals surface area contributed by atoms with Crippen LogP contribution in [0.4, 0.5) is 5.69 Å². The number of nitrogens with zero attached hydrogens (tertiary/aromatic N) is 3. The number of amides is 1. The van der Waals surface area contributed by atoms with Crippen LogP contribution in [0.5, 0.6) is 5.75 Å². The summed E-state index contributed by atoms with van der Waals surface area (Å²) >= 11 is 3.00. The van der Waals surface area contributed by atoms with Gasteiger partial charge in [-0.15, -0.1) is 11.3 Å². The van der Waals surface area contributed by atoms with Crippen LogP contribution in [0.2, 0.25) is 0 Å². The van der Waals surface area contributed by atoms with Crippen LogP contribution < -0.4 is 10.1 Å². The van der Waals surface area contributed by atoms with Gasteiger partial charge in [-0.05, 0) is 39.0 Å². The van der Waals surface area contributed by atoms with E-state index in [1.165, 1.54) is 11.8 Å². The molecule has 1 unspecified atom stereocenters. The standard InChI is InChI=1S/C24H24N4O3S2/c1-13(21(29)27-15-6-5-7-16(9-15)30-4)32-23-20-19(25-12-26-23)17-8-14-11-31-24(2,3)10-18(14)28-22(17)33-20/h5-9,12-13H,10-11H2,1-4H3,(H,27,29). The van der Waals surface area contributed by atoms with Crippen molar-refractivity contribution in [3.05, 3.63) is 47.9 Å². The Hall–Kier alpha value is -2.75. The number of thiophene rings is 1. The fraction of sp³-hybridized carbons (Fsp3) is 0.333. The lowest BCUT2D eigenvalue weighted by molar-refractivity contribution is -0.115. The van der Waals surface area contributed by atoms with E-state index in [1.807, 2.05) is 25.1 Å². The molecule has 3 aromatic heterocycles. The highest BCUT2D eigenvalue weighted by Gasteiger charge is 2.28. The topological polar surface area (TPSA) is 86.2 Å². The van der Waals surface area contributed by atoms with Crippen molar-refractivity contribution in [2.75, 3.05) is 12.4 Å². The lowest BCUT2D eigenvalue weighted by atomic mass is 9.95. The van der Waals surface area contributed by atoms with E-state index in [9.17, 15) is 4.79 Å². The molecule has 1 amide bonds. The number of pyridine rings is 1. The zero-order valence-electron chi connectivity index (χ0n) is 18.8. The molecule has 170 valence electrons. The highest BCUT2D eigenvalue weighted by atomic mass is 32.2. The van der Waals surface area contributed by atoms with Crippen LogP contribution >= 0.6 is 23.1 Å². The van der Waals surface area contributed by atoms with Gasteiger partial charge in [0, 0.05) is 29.1 Å². The molecule has 9 heteroatoms. The van der Waals surface area contributed by atoms with Gasteiger partial charge in [0.15, 0.2) is 0 Å². The Balaban J connectivity index is 1.42. The van der Waals surface area contributed by atoms with Gasteiger partial charge in [-0.25, -0.2) is 15.0 Å². The Morgan fingerprint density at radius 3 is 2.97 bits per heavy atom. The van der Waals surface area contributed by atoms with Gasteiger partial charge in [-0.2, -0.15) is 0 Å². The molecule has 0 radical (unpaired) electrons. The Kier molecular flexibility index (Phi) is 5.72. The molecule has 0 bridgehead atoms. The number of carbonyl (C=O) groups is 1. The van der Waals surface area contributed by atoms with Crippen LogP contribution in [-0.4, -0.2) is 38.8 Å². The molecule has 0 fully saturated rings. The van der Waals surface area contributed by atoms with Crippen molar-refractivity contribution in [2.24, 2.45) is 0 Å². The SMILES string of the molecule is COc1cccc(NC(=O)C(C)Sc2ncnc3c2sc2nc4c(cc23)COC(C)(C)C4)c1. The number of hydrogen-bond acceptors (Lipinski definition) is 8. The van der Waals surface area contributed by atoms with Gasteiger partial charge < -0.3 is 14.8 Å². The van der Waals surface area contributed by atoms with Crippen molar-refractivity contribution >= 4 is 55.1 Å². The minimum absolute atomic E-state index is 0.103. The van der Waals surface area contributed by atoms with E-state index >= 15 is 0 Å². The molecule has 0 saturated carbocycles. The molecule has 1 N–H and O–H groups in total. The Morgan fingerprint density at radius 2 is 2.15 bits per heavy atom. The molecule has 1 aromatic carbocycles. The molecule has 0 saturated heterocycles. The summed E-state index contributed by atoms with van der Waals surface area (Å²) in [5, 5.41) is 4.39. The summed E-state index contributed by atoms with van der Waals surface area (Å²) in [7, 11) is 1.60. The zero-order valence-corrected chi connectivity index (χ0v) is 20.5. The maximum atomic E-state index is 12.8. The quantitative estimate of drug-likeness (QED) is 0.310. The van der Waals surface area contributed by atoms with Crippen LogP contribution in [0.15, 0.2) is 41.7 Å². The molecular weight excluding hydrogens is 456 g/mol. The second-order valence-corrected chi connectivity index (χ2v) is 10.9. The number of methoxy groups -OCH3 is 1. The number of fused-ring (bicyclic) bond motifs is 4. The van der Waals surface area contributed by atoms with E-state index in [0.717, 1.165) is 43.1 Å². The molecule has 7 nitrogen and oxygen atoms in total. The first kappa shape index (κ1) is 22.1. The Morgan fingerprint density at radius 1 is 1.30 bits per heavy atom. The first-order valence-electron chi connectivity index (χ1n) is 10.6. The van der Waals surface area contributed by atoms with Gasteiger partial charge in [-0.1, -0.05) is 17.8 Å². The van der Waals surface area contributed by atoms with Crippen molar-refractivity contribution in [3.63, 3.8) is 0 Å². The van der Waals surface area contributed by atoms with Crippen molar-refractivity contribution < 1.29 is 14.3 Å². The first-order valence-corrected chi connectivity index (χ1v) is 12.3. The number of benzene rings is 1. The Labute approximate surface area is 199 Å². The highest BCUT2D eigenvalue weighted by Crippen LogP contribution is 2.39. The van der Waals surface area contributed by atoms with Crippen molar-refractivity contribution in [1.82, 2.24) is 15.0 Å². The summed E-state index contributed by atoms with van der Waals surface area (Å²) in [6.45, 7) is 6.60. The van der Waals surface area contributed by atoms with Gasteiger partial charge in [0.05, 0.1) is 40.5 Å². The van der Waals surface area contributed by atoms with Crippen LogP contribution in [0.1, 0.15) is 32.0 Å². The second-order valence-electron chi connectivity index (χ2n) is 8.61. The third-order valence-electron chi connectivity index (χ3n) is 5.59. The fourth-order valence-corrected chi connectivity index (χ4v) is 5.91. The number of hydrogen-bond donors (Lipinski definition) is 1. The van der Waals surface area contributed by atoms with E-state index in [0.29, 0.717) is 18.0 Å². The number of ether oxygens (including phenoxy) is 2. The van der Waals surface area contributed by atoms with Crippen LogP contribution in [0.25, 0.3) is 20.4 Å². The lowest BCUT2D eigenvalue weighted by Crippen LogP contribution is -2.32. The third-order valence-corrected chi connectivity index (χ3v) is 7.91. The van der Waals surface area contributed by atoms with Gasteiger partial charge in [0.2, 0.25) is 5.91 Å². The number of anilines is 1. The molecule has 4 heterocycles. The average Bonchev–Trinajstić information content (AvgIpc) is 3.15. The van der Waals surface area contributed by atoms with Crippen molar-refractivity contribution in [1.29, 1.82) is 0 Å². The number of rotatable bonds is 5. The molecule has 33 heavy (non-hydrogen) atoms. The summed E-state index contributed by atoms with van der Waals surface area (Å²) in [6.07, 6.45) is 2.34. The normalized spacial score (nSPS) is 15.9. The number of carbonyl (C=O) groups excluding carboxylic acids is 1. The number of thioether (sulfide) groups is 1. The lowest BCUT2D eigenvalue weighted by Gasteiger charge is -2.30. The van der Waals surface area contributed by atoms with Crippen LogP contribution in [0.3, 0.4) is 0 Å². The van der Waals surface area contributed by atoms with Crippen LogP contribution in [-0.2, 0) is 22.6 Å². The van der Waals surface area contributed by atoms with E-state index < -0.39 is 0 Å². The smallest absolute Gasteiger partial charge is 0.237 e. The number of aromatic nitrogens is 3. The maximum absolute atomic E-state index is 12.8. The average molecular weight is 481 g/mol. The molecule has 0 spiro atoms. The van der Waals surface area contributed by atoms with Gasteiger partial charge in [0.1, 0.15) is 21.9 Å². The summed E-state index contributed by atoms with van der Waals surface area (Å²) in [6, 6.07) is 9.46. The summed E-state index contributed by atoms with van der Waals surface area (Å²) in [5.74, 6) is 0.592. The molecule has 0 aliphatic carbocycles. The van der Waals surface area contributed by atoms with Gasteiger partial charge >= 0.3 is 0 Å². The molecule has 1 aliphatic rings. The molecule has 1 aliphatic heterocycles. The van der Waals surface area contributed by atoms with Gasteiger partial charge in [0.25, 0.3) is 0 Å². The largest absolute Gasteiger partial charge is 0.497 e. The monoisotopic (exact) mass is 480 g/mol. The summed E-state index contributed by atoms with van der Waals surface area (Å²) in [5.41, 5.74) is 3.55. The fourth-order valence-electron chi connectivity index (χ4n) is 3.81. The predicted molar refractivity (Wildman–Crippen MR) is 132 cm³/mol. The van der Waals surface area contributed by atoms with Gasteiger partial charge in [-0.3, -0.25) is 4.79 Å². The minimum Gasteiger partial charge on any atom is -0.497 e. The summed E-state index contributed by atoms with van der Waals surface area (Å²) < 4.78 is 12.2. The third kappa shape index (κ3) is 4.40. The molecule has 4 aromatic rings. The van der Waals surface area contributed by atoms with Crippen LogP contribution in [0, 0.1) is 0 Å². The first-order chi connectivity index (χ1) is 15.8. The maximum Gasteiger partial charge on any atom is 0.237 e. The molecular formula is C24H24N4O3S2. The van der Waals surface area contributed by atoms with E-state index in [4.69, 9.17) is 14.5 Å². The number of nitrogens with one attached hydrogen (secondary N) is 1. The van der Waals surface area contributed by atoms with E-state index in [1.54, 1.807) is 30.8 Å². The molecule has 1 atom stereocenters. The minimum atomic E-state index is -0.352. The predicted octanol–water partition coefficient (Wildman–Crippen LogP) is 5.22. The summed E-state index contributed by atoms with van der Waals surface area (Å²) in [4.78, 5) is 27.7. The van der Waals surface area contributed by atoms with E-state index in [-0.39, 0.29) is 16.8 Å². The Bertz CT molecular complexity index is 1370. The van der Waals surface area contributed by atoms with Crippen molar-refractivity contribution in [2.45, 2.75) is 49.7 Å². The van der Waals surface area contributed by atoms with Crippen molar-refractivity contribution in [3.8, 4) is 5.75 Å². The molecule has 5 rings (SSSR count). The zero-order chi connectivity index (χ0) is 23.2.